The molecule has 1 saturated heterocycles. The number of hydrogen-bond donors (Lipinski definition) is 2. The molecule has 0 aromatic heterocycles. The maximum Gasteiger partial charge on any atom is 0.127 e. The Bertz CT molecular complexity index is 895. The highest BCUT2D eigenvalue weighted by Gasteiger charge is 2.43. The maximum absolute atomic E-state index is 13.7. The summed E-state index contributed by atoms with van der Waals surface area (Å²) >= 11 is 0. The molecule has 1 fully saturated rings. The van der Waals surface area contributed by atoms with Gasteiger partial charge in [-0.05, 0) is 28.8 Å². The van der Waals surface area contributed by atoms with Crippen LogP contribution in [0, 0.1) is 5.82 Å². The van der Waals surface area contributed by atoms with Gasteiger partial charge in [-0.3, -0.25) is 0 Å². The summed E-state index contributed by atoms with van der Waals surface area (Å²) in [4.78, 5) is 1.40. The van der Waals surface area contributed by atoms with Crippen molar-refractivity contribution in [3.8, 4) is 0 Å². The second kappa shape index (κ2) is 8.87. The monoisotopic (exact) mass is 392 g/mol. The predicted octanol–water partition coefficient (Wildman–Crippen LogP) is 2.76. The summed E-state index contributed by atoms with van der Waals surface area (Å²) < 4.78 is 19.2. The van der Waals surface area contributed by atoms with E-state index in [-0.39, 0.29) is 11.7 Å². The van der Waals surface area contributed by atoms with Crippen LogP contribution in [0.25, 0.3) is 0 Å². The van der Waals surface area contributed by atoms with E-state index in [9.17, 15) is 9.50 Å². The molecule has 29 heavy (non-hydrogen) atoms. The van der Waals surface area contributed by atoms with E-state index in [2.05, 4.69) is 12.1 Å². The number of halogens is 1. The number of quaternary nitrogens is 1. The van der Waals surface area contributed by atoms with Gasteiger partial charge < -0.3 is 14.7 Å². The van der Waals surface area contributed by atoms with E-state index in [1.54, 1.807) is 12.1 Å². The second-order valence-electron chi connectivity index (χ2n) is 7.67. The van der Waals surface area contributed by atoms with E-state index in [1.807, 2.05) is 48.5 Å². The topological polar surface area (TPSA) is 33.9 Å². The molecule has 4 heteroatoms. The van der Waals surface area contributed by atoms with Crippen LogP contribution in [0.4, 0.5) is 4.39 Å². The lowest BCUT2D eigenvalue weighted by Crippen LogP contribution is -3.14. The van der Waals surface area contributed by atoms with Crippen molar-refractivity contribution in [1.82, 2.24) is 0 Å². The first-order valence-electron chi connectivity index (χ1n) is 10.2. The van der Waals surface area contributed by atoms with Crippen LogP contribution < -0.4 is 4.90 Å². The zero-order chi connectivity index (χ0) is 20.1. The minimum Gasteiger partial charge on any atom is -0.380 e. The molecule has 2 N–H and O–H groups in total. The van der Waals surface area contributed by atoms with Gasteiger partial charge in [0.25, 0.3) is 0 Å². The third-order valence-electron chi connectivity index (χ3n) is 5.90. The maximum atomic E-state index is 13.7. The molecule has 0 unspecified atom stereocenters. The van der Waals surface area contributed by atoms with Crippen LogP contribution in [-0.4, -0.2) is 38.0 Å². The van der Waals surface area contributed by atoms with E-state index < -0.39 is 5.60 Å². The van der Waals surface area contributed by atoms with Crippen LogP contribution in [-0.2, 0) is 10.3 Å². The molecule has 4 rings (SSSR count). The highest BCUT2D eigenvalue weighted by Crippen LogP contribution is 2.42. The van der Waals surface area contributed by atoms with Crippen LogP contribution >= 0.6 is 0 Å². The quantitative estimate of drug-likeness (QED) is 0.677. The second-order valence-corrected chi connectivity index (χ2v) is 7.67. The van der Waals surface area contributed by atoms with Crippen molar-refractivity contribution in [2.75, 3.05) is 32.8 Å². The van der Waals surface area contributed by atoms with Gasteiger partial charge in [-0.25, -0.2) is 4.39 Å². The minimum atomic E-state index is -1.28. The van der Waals surface area contributed by atoms with Crippen molar-refractivity contribution in [1.29, 1.82) is 0 Å². The lowest BCUT2D eigenvalue weighted by molar-refractivity contribution is -0.910. The van der Waals surface area contributed by atoms with Gasteiger partial charge in [0.15, 0.2) is 0 Å². The molecule has 1 aliphatic rings. The average molecular weight is 392 g/mol. The Kier molecular flexibility index (Phi) is 6.05. The highest BCUT2D eigenvalue weighted by molar-refractivity contribution is 5.42. The summed E-state index contributed by atoms with van der Waals surface area (Å²) in [5.41, 5.74) is 1.31. The molecule has 0 aliphatic carbocycles. The molecule has 3 aromatic carbocycles. The van der Waals surface area contributed by atoms with Gasteiger partial charge in [-0.1, -0.05) is 72.8 Å². The zero-order valence-electron chi connectivity index (χ0n) is 16.4. The number of hydrogen-bond acceptors (Lipinski definition) is 2. The minimum absolute atomic E-state index is 0.190. The Morgan fingerprint density at radius 2 is 1.38 bits per heavy atom. The van der Waals surface area contributed by atoms with Crippen LogP contribution in [0.3, 0.4) is 0 Å². The van der Waals surface area contributed by atoms with Crippen molar-refractivity contribution in [3.05, 3.63) is 107 Å². The number of nitrogens with one attached hydrogen (secondary N) is 1. The third-order valence-corrected chi connectivity index (χ3v) is 5.90. The van der Waals surface area contributed by atoms with Crippen molar-refractivity contribution in [2.24, 2.45) is 0 Å². The molecule has 1 heterocycles. The summed E-state index contributed by atoms with van der Waals surface area (Å²) in [6, 6.07) is 26.1. The molecule has 2 atom stereocenters. The van der Waals surface area contributed by atoms with Gasteiger partial charge in [0.05, 0.1) is 25.7 Å². The van der Waals surface area contributed by atoms with Crippen LogP contribution in [0.5, 0.6) is 0 Å². The van der Waals surface area contributed by atoms with Gasteiger partial charge >= 0.3 is 0 Å². The molecule has 1 aliphatic heterocycles. The molecule has 150 valence electrons. The SMILES string of the molecule is O[C@](c1ccccc1)(c1ccc(F)cc1)[C@@H](C[NH+]1CCOCC1)c1ccccc1. The Hall–Kier alpha value is -2.53. The first-order valence-corrected chi connectivity index (χ1v) is 10.2. The van der Waals surface area contributed by atoms with Crippen molar-refractivity contribution >= 4 is 0 Å². The molecule has 0 amide bonds. The van der Waals surface area contributed by atoms with Crippen LogP contribution in [0.2, 0.25) is 0 Å². The Balaban J connectivity index is 1.84. The number of benzene rings is 3. The van der Waals surface area contributed by atoms with E-state index in [1.165, 1.54) is 17.0 Å². The Morgan fingerprint density at radius 1 is 0.828 bits per heavy atom. The number of aliphatic hydroxyl groups is 1. The standard InChI is InChI=1S/C25H26FNO2/c26-23-13-11-22(12-14-23)25(28,21-9-5-2-6-10-21)24(20-7-3-1-4-8-20)19-27-15-17-29-18-16-27/h1-14,24,28H,15-19H2/p+1/t24-,25+/m0/s1. The van der Waals surface area contributed by atoms with E-state index in [4.69, 9.17) is 4.74 Å². The summed E-state index contributed by atoms with van der Waals surface area (Å²) in [7, 11) is 0. The number of rotatable bonds is 6. The molecule has 0 bridgehead atoms. The van der Waals surface area contributed by atoms with Crippen LogP contribution in [0.15, 0.2) is 84.9 Å². The predicted molar refractivity (Wildman–Crippen MR) is 111 cm³/mol. The summed E-state index contributed by atoms with van der Waals surface area (Å²) in [6.45, 7) is 4.06. The normalized spacial score (nSPS) is 18.1. The van der Waals surface area contributed by atoms with Crippen LogP contribution in [0.1, 0.15) is 22.6 Å². The molecule has 0 radical (unpaired) electrons. The summed E-state index contributed by atoms with van der Waals surface area (Å²) in [5, 5.41) is 12.3. The summed E-state index contributed by atoms with van der Waals surface area (Å²) in [6.07, 6.45) is 0. The van der Waals surface area contributed by atoms with Gasteiger partial charge in [0.2, 0.25) is 0 Å². The molecular weight excluding hydrogens is 365 g/mol. The van der Waals surface area contributed by atoms with Gasteiger partial charge in [0, 0.05) is 0 Å². The fraction of sp³-hybridized carbons (Fsp3) is 0.280. The number of morpholine rings is 1. The molecular formula is C25H27FNO2+. The molecule has 3 aromatic rings. The lowest BCUT2D eigenvalue weighted by Gasteiger charge is -2.39. The third kappa shape index (κ3) is 4.25. The van der Waals surface area contributed by atoms with E-state index in [0.29, 0.717) is 5.56 Å². The van der Waals surface area contributed by atoms with Crippen molar-refractivity contribution in [2.45, 2.75) is 11.5 Å². The smallest absolute Gasteiger partial charge is 0.127 e. The van der Waals surface area contributed by atoms with Gasteiger partial charge in [-0.15, -0.1) is 0 Å². The Labute approximate surface area is 171 Å². The number of ether oxygens (including phenoxy) is 1. The molecule has 3 nitrogen and oxygen atoms in total. The fourth-order valence-electron chi connectivity index (χ4n) is 4.31. The van der Waals surface area contributed by atoms with Crippen molar-refractivity contribution < 1.29 is 19.1 Å². The molecule has 0 spiro atoms. The van der Waals surface area contributed by atoms with Gasteiger partial charge in [-0.2, -0.15) is 0 Å². The average Bonchev–Trinajstić information content (AvgIpc) is 2.79. The summed E-state index contributed by atoms with van der Waals surface area (Å²) in [5.74, 6) is -0.496. The highest BCUT2D eigenvalue weighted by atomic mass is 19.1. The first-order chi connectivity index (χ1) is 14.2. The fourth-order valence-corrected chi connectivity index (χ4v) is 4.31. The largest absolute Gasteiger partial charge is 0.380 e. The van der Waals surface area contributed by atoms with E-state index in [0.717, 1.165) is 44.0 Å². The molecule has 0 saturated carbocycles. The van der Waals surface area contributed by atoms with Gasteiger partial charge in [0.1, 0.15) is 24.5 Å². The first kappa shape index (κ1) is 19.8. The lowest BCUT2D eigenvalue weighted by atomic mass is 9.72. The zero-order valence-corrected chi connectivity index (χ0v) is 16.4. The van der Waals surface area contributed by atoms with E-state index >= 15 is 0 Å². The Morgan fingerprint density at radius 3 is 2.00 bits per heavy atom. The van der Waals surface area contributed by atoms with Crippen molar-refractivity contribution in [3.63, 3.8) is 0 Å².